The molecular formula is C16H32N2O. The molecule has 0 aliphatic heterocycles. The molecule has 0 heterocycles. The SMILES string of the molecule is CC(C)CCCCCCNCC(=O)NC1CCCC1. The van der Waals surface area contributed by atoms with Crippen LogP contribution in [0.15, 0.2) is 0 Å². The van der Waals surface area contributed by atoms with Crippen molar-refractivity contribution in [1.29, 1.82) is 0 Å². The highest BCUT2D eigenvalue weighted by Crippen LogP contribution is 2.17. The van der Waals surface area contributed by atoms with Gasteiger partial charge in [-0.3, -0.25) is 4.79 Å². The van der Waals surface area contributed by atoms with Crippen LogP contribution in [0.3, 0.4) is 0 Å². The van der Waals surface area contributed by atoms with Gasteiger partial charge >= 0.3 is 0 Å². The normalized spacial score (nSPS) is 16.2. The molecule has 0 spiro atoms. The Labute approximate surface area is 118 Å². The average Bonchev–Trinajstić information content (AvgIpc) is 2.85. The second-order valence-electron chi connectivity index (χ2n) is 6.32. The monoisotopic (exact) mass is 268 g/mol. The summed E-state index contributed by atoms with van der Waals surface area (Å²) in [7, 11) is 0. The van der Waals surface area contributed by atoms with Crippen LogP contribution in [0.2, 0.25) is 0 Å². The quantitative estimate of drug-likeness (QED) is 0.597. The Balaban J connectivity index is 1.83. The Hall–Kier alpha value is -0.570. The lowest BCUT2D eigenvalue weighted by atomic mass is 10.0. The summed E-state index contributed by atoms with van der Waals surface area (Å²) in [5.41, 5.74) is 0. The van der Waals surface area contributed by atoms with Crippen molar-refractivity contribution in [3.8, 4) is 0 Å². The van der Waals surface area contributed by atoms with E-state index in [1.807, 2.05) is 0 Å². The van der Waals surface area contributed by atoms with Crippen LogP contribution in [0.4, 0.5) is 0 Å². The zero-order valence-corrected chi connectivity index (χ0v) is 12.8. The van der Waals surface area contributed by atoms with Crippen molar-refractivity contribution >= 4 is 5.91 Å². The number of hydrogen-bond acceptors (Lipinski definition) is 2. The van der Waals surface area contributed by atoms with Crippen LogP contribution in [-0.4, -0.2) is 25.0 Å². The molecule has 0 aromatic heterocycles. The summed E-state index contributed by atoms with van der Waals surface area (Å²) < 4.78 is 0. The van der Waals surface area contributed by atoms with Gasteiger partial charge in [-0.2, -0.15) is 0 Å². The molecule has 1 saturated carbocycles. The van der Waals surface area contributed by atoms with E-state index in [0.717, 1.165) is 12.5 Å². The highest BCUT2D eigenvalue weighted by atomic mass is 16.1. The molecule has 0 aromatic carbocycles. The Morgan fingerprint density at radius 2 is 1.79 bits per heavy atom. The fourth-order valence-corrected chi connectivity index (χ4v) is 2.71. The molecule has 3 nitrogen and oxygen atoms in total. The fraction of sp³-hybridized carbons (Fsp3) is 0.938. The largest absolute Gasteiger partial charge is 0.352 e. The smallest absolute Gasteiger partial charge is 0.234 e. The van der Waals surface area contributed by atoms with Gasteiger partial charge in [0.05, 0.1) is 6.54 Å². The number of hydrogen-bond donors (Lipinski definition) is 2. The predicted octanol–water partition coefficient (Wildman–Crippen LogP) is 3.24. The summed E-state index contributed by atoms with van der Waals surface area (Å²) in [5, 5.41) is 6.35. The Bertz CT molecular complexity index is 235. The topological polar surface area (TPSA) is 41.1 Å². The summed E-state index contributed by atoms with van der Waals surface area (Å²) in [6.45, 7) is 6.03. The first-order valence-corrected chi connectivity index (χ1v) is 8.18. The third-order valence-corrected chi connectivity index (χ3v) is 3.89. The molecule has 0 atom stereocenters. The van der Waals surface area contributed by atoms with E-state index in [9.17, 15) is 4.79 Å². The molecular weight excluding hydrogens is 236 g/mol. The van der Waals surface area contributed by atoms with Gasteiger partial charge in [-0.25, -0.2) is 0 Å². The third kappa shape index (κ3) is 9.04. The first kappa shape index (κ1) is 16.5. The van der Waals surface area contributed by atoms with Crippen LogP contribution >= 0.6 is 0 Å². The maximum Gasteiger partial charge on any atom is 0.234 e. The number of carbonyl (C=O) groups excluding carboxylic acids is 1. The van der Waals surface area contributed by atoms with Crippen LogP contribution in [-0.2, 0) is 4.79 Å². The lowest BCUT2D eigenvalue weighted by Gasteiger charge is -2.12. The minimum Gasteiger partial charge on any atom is -0.352 e. The van der Waals surface area contributed by atoms with Crippen molar-refractivity contribution in [2.45, 2.75) is 77.7 Å². The molecule has 112 valence electrons. The standard InChI is InChI=1S/C16H32N2O/c1-14(2)9-5-3-4-8-12-17-13-16(19)18-15-10-6-7-11-15/h14-15,17H,3-13H2,1-2H3,(H,18,19). The summed E-state index contributed by atoms with van der Waals surface area (Å²) >= 11 is 0. The molecule has 1 amide bonds. The number of carbonyl (C=O) groups is 1. The molecule has 1 rings (SSSR count). The van der Waals surface area contributed by atoms with Gasteiger partial charge in [-0.15, -0.1) is 0 Å². The van der Waals surface area contributed by atoms with Crippen molar-refractivity contribution in [3.05, 3.63) is 0 Å². The van der Waals surface area contributed by atoms with Crippen molar-refractivity contribution in [3.63, 3.8) is 0 Å². The Morgan fingerprint density at radius 1 is 1.11 bits per heavy atom. The molecule has 1 fully saturated rings. The van der Waals surface area contributed by atoms with Crippen molar-refractivity contribution in [1.82, 2.24) is 10.6 Å². The molecule has 0 radical (unpaired) electrons. The van der Waals surface area contributed by atoms with Gasteiger partial charge in [0.25, 0.3) is 0 Å². The van der Waals surface area contributed by atoms with Gasteiger partial charge < -0.3 is 10.6 Å². The van der Waals surface area contributed by atoms with Crippen LogP contribution in [0, 0.1) is 5.92 Å². The van der Waals surface area contributed by atoms with E-state index < -0.39 is 0 Å². The summed E-state index contributed by atoms with van der Waals surface area (Å²) in [6.07, 6.45) is 11.4. The molecule has 0 saturated heterocycles. The van der Waals surface area contributed by atoms with Gasteiger partial charge in [0.1, 0.15) is 0 Å². The predicted molar refractivity (Wildman–Crippen MR) is 81.2 cm³/mol. The molecule has 1 aliphatic rings. The zero-order chi connectivity index (χ0) is 13.9. The molecule has 19 heavy (non-hydrogen) atoms. The Morgan fingerprint density at radius 3 is 2.47 bits per heavy atom. The first-order chi connectivity index (χ1) is 9.18. The van der Waals surface area contributed by atoms with E-state index in [1.165, 1.54) is 57.8 Å². The van der Waals surface area contributed by atoms with Crippen molar-refractivity contribution in [2.75, 3.05) is 13.1 Å². The highest BCUT2D eigenvalue weighted by molar-refractivity contribution is 5.78. The lowest BCUT2D eigenvalue weighted by Crippen LogP contribution is -2.39. The van der Waals surface area contributed by atoms with Crippen LogP contribution < -0.4 is 10.6 Å². The third-order valence-electron chi connectivity index (χ3n) is 3.89. The van der Waals surface area contributed by atoms with E-state index >= 15 is 0 Å². The summed E-state index contributed by atoms with van der Waals surface area (Å²) in [4.78, 5) is 11.6. The van der Waals surface area contributed by atoms with Gasteiger partial charge in [-0.1, -0.05) is 52.4 Å². The van der Waals surface area contributed by atoms with Crippen LogP contribution in [0.5, 0.6) is 0 Å². The second kappa shape index (κ2) is 10.2. The van der Waals surface area contributed by atoms with Gasteiger partial charge in [0.15, 0.2) is 0 Å². The van der Waals surface area contributed by atoms with Gasteiger partial charge in [0, 0.05) is 6.04 Å². The Kier molecular flexibility index (Phi) is 8.89. The van der Waals surface area contributed by atoms with E-state index in [0.29, 0.717) is 12.6 Å². The number of nitrogens with one attached hydrogen (secondary N) is 2. The summed E-state index contributed by atoms with van der Waals surface area (Å²) in [6, 6.07) is 0.449. The molecule has 0 unspecified atom stereocenters. The number of rotatable bonds is 10. The van der Waals surface area contributed by atoms with Crippen molar-refractivity contribution < 1.29 is 4.79 Å². The maximum atomic E-state index is 11.6. The molecule has 3 heteroatoms. The molecule has 0 bridgehead atoms. The molecule has 0 aromatic rings. The molecule has 2 N–H and O–H groups in total. The lowest BCUT2D eigenvalue weighted by molar-refractivity contribution is -0.120. The van der Waals surface area contributed by atoms with Gasteiger partial charge in [0.2, 0.25) is 5.91 Å². The summed E-state index contributed by atoms with van der Waals surface area (Å²) in [5.74, 6) is 1.00. The van der Waals surface area contributed by atoms with E-state index in [1.54, 1.807) is 0 Å². The minimum atomic E-state index is 0.173. The van der Waals surface area contributed by atoms with Crippen LogP contribution in [0.1, 0.15) is 71.6 Å². The van der Waals surface area contributed by atoms with E-state index in [-0.39, 0.29) is 5.91 Å². The van der Waals surface area contributed by atoms with Crippen molar-refractivity contribution in [2.24, 2.45) is 5.92 Å². The van der Waals surface area contributed by atoms with E-state index in [4.69, 9.17) is 0 Å². The second-order valence-corrected chi connectivity index (χ2v) is 6.32. The fourth-order valence-electron chi connectivity index (χ4n) is 2.71. The highest BCUT2D eigenvalue weighted by Gasteiger charge is 2.16. The first-order valence-electron chi connectivity index (χ1n) is 8.18. The number of amides is 1. The zero-order valence-electron chi connectivity index (χ0n) is 12.8. The maximum absolute atomic E-state index is 11.6. The average molecular weight is 268 g/mol. The van der Waals surface area contributed by atoms with E-state index in [2.05, 4.69) is 24.5 Å². The minimum absolute atomic E-state index is 0.173. The number of unbranched alkanes of at least 4 members (excludes halogenated alkanes) is 3. The molecule has 1 aliphatic carbocycles. The van der Waals surface area contributed by atoms with Crippen LogP contribution in [0.25, 0.3) is 0 Å². The van der Waals surface area contributed by atoms with Gasteiger partial charge in [-0.05, 0) is 31.7 Å².